The molecule has 1 saturated carbocycles. The van der Waals surface area contributed by atoms with E-state index in [9.17, 15) is 9.59 Å². The zero-order valence-corrected chi connectivity index (χ0v) is 11.7. The molecule has 4 heteroatoms. The Morgan fingerprint density at radius 2 is 1.83 bits per heavy atom. The largest absolute Gasteiger partial charge is 0.481 e. The Labute approximate surface area is 109 Å². The summed E-state index contributed by atoms with van der Waals surface area (Å²) < 4.78 is 0. The van der Waals surface area contributed by atoms with Crippen LogP contribution in [0.15, 0.2) is 0 Å². The summed E-state index contributed by atoms with van der Waals surface area (Å²) in [5.74, 6) is -0.233. The standard InChI is InChI=1S/C14H25NO3/c1-14(2,10-12(16)17)13(18)15(3)9-8-11-6-4-5-7-11/h11H,4-10H2,1-3H3,(H,16,17). The van der Waals surface area contributed by atoms with Crippen LogP contribution in [0.1, 0.15) is 52.4 Å². The first-order chi connectivity index (χ1) is 8.33. The normalized spacial score (nSPS) is 16.8. The van der Waals surface area contributed by atoms with Crippen molar-refractivity contribution in [1.82, 2.24) is 4.90 Å². The fourth-order valence-electron chi connectivity index (χ4n) is 2.75. The first-order valence-electron chi connectivity index (χ1n) is 6.80. The topological polar surface area (TPSA) is 57.6 Å². The second kappa shape index (κ2) is 6.21. The quantitative estimate of drug-likeness (QED) is 0.793. The highest BCUT2D eigenvalue weighted by Crippen LogP contribution is 2.28. The summed E-state index contributed by atoms with van der Waals surface area (Å²) in [5, 5.41) is 8.81. The van der Waals surface area contributed by atoms with Gasteiger partial charge in [-0.2, -0.15) is 0 Å². The highest BCUT2D eigenvalue weighted by atomic mass is 16.4. The minimum absolute atomic E-state index is 0.0668. The summed E-state index contributed by atoms with van der Waals surface area (Å²) in [7, 11) is 1.78. The van der Waals surface area contributed by atoms with Crippen LogP contribution in [-0.2, 0) is 9.59 Å². The average molecular weight is 255 g/mol. The monoisotopic (exact) mass is 255 g/mol. The van der Waals surface area contributed by atoms with E-state index in [1.807, 2.05) is 0 Å². The summed E-state index contributed by atoms with van der Waals surface area (Å²) in [5.41, 5.74) is -0.809. The van der Waals surface area contributed by atoms with Crippen LogP contribution in [0.5, 0.6) is 0 Å². The molecule has 0 radical (unpaired) electrons. The van der Waals surface area contributed by atoms with Gasteiger partial charge in [-0.3, -0.25) is 9.59 Å². The smallest absolute Gasteiger partial charge is 0.304 e. The van der Waals surface area contributed by atoms with Gasteiger partial charge in [-0.1, -0.05) is 39.5 Å². The van der Waals surface area contributed by atoms with Crippen molar-refractivity contribution < 1.29 is 14.7 Å². The molecule has 0 unspecified atom stereocenters. The van der Waals surface area contributed by atoms with Gasteiger partial charge < -0.3 is 10.0 Å². The SMILES string of the molecule is CN(CCC1CCCC1)C(=O)C(C)(C)CC(=O)O. The molecular weight excluding hydrogens is 230 g/mol. The van der Waals surface area contributed by atoms with Crippen LogP contribution in [0.4, 0.5) is 0 Å². The average Bonchev–Trinajstić information content (AvgIpc) is 2.75. The predicted molar refractivity (Wildman–Crippen MR) is 70.2 cm³/mol. The number of hydrogen-bond donors (Lipinski definition) is 1. The van der Waals surface area contributed by atoms with Crippen LogP contribution in [0.25, 0.3) is 0 Å². The van der Waals surface area contributed by atoms with E-state index in [4.69, 9.17) is 5.11 Å². The Balaban J connectivity index is 2.41. The molecule has 18 heavy (non-hydrogen) atoms. The predicted octanol–water partition coefficient (Wildman–Crippen LogP) is 2.53. The van der Waals surface area contributed by atoms with Gasteiger partial charge in [0.1, 0.15) is 0 Å². The van der Waals surface area contributed by atoms with Gasteiger partial charge in [0.05, 0.1) is 11.8 Å². The maximum atomic E-state index is 12.2. The van der Waals surface area contributed by atoms with Crippen molar-refractivity contribution >= 4 is 11.9 Å². The minimum atomic E-state index is -0.919. The van der Waals surface area contributed by atoms with Crippen molar-refractivity contribution in [1.29, 1.82) is 0 Å². The molecule has 0 heterocycles. The molecular formula is C14H25NO3. The van der Waals surface area contributed by atoms with Crippen molar-refractivity contribution in [2.75, 3.05) is 13.6 Å². The highest BCUT2D eigenvalue weighted by Gasteiger charge is 2.33. The maximum absolute atomic E-state index is 12.2. The number of amides is 1. The van der Waals surface area contributed by atoms with Gasteiger partial charge in [-0.05, 0) is 12.3 Å². The number of carboxylic acids is 1. The van der Waals surface area contributed by atoms with Crippen LogP contribution in [-0.4, -0.2) is 35.5 Å². The fraction of sp³-hybridized carbons (Fsp3) is 0.857. The Hall–Kier alpha value is -1.06. The summed E-state index contributed by atoms with van der Waals surface area (Å²) >= 11 is 0. The molecule has 0 saturated heterocycles. The van der Waals surface area contributed by atoms with Crippen molar-refractivity contribution in [3.8, 4) is 0 Å². The molecule has 0 aliphatic heterocycles. The molecule has 0 spiro atoms. The molecule has 1 aliphatic rings. The van der Waals surface area contributed by atoms with Gasteiger partial charge in [-0.25, -0.2) is 0 Å². The molecule has 1 amide bonds. The number of rotatable bonds is 6. The lowest BCUT2D eigenvalue weighted by atomic mass is 9.87. The molecule has 1 rings (SSSR count). The second-order valence-electron chi connectivity index (χ2n) is 6.12. The fourth-order valence-corrected chi connectivity index (χ4v) is 2.75. The minimum Gasteiger partial charge on any atom is -0.481 e. The first kappa shape index (κ1) is 15.0. The number of nitrogens with zero attached hydrogens (tertiary/aromatic N) is 1. The second-order valence-corrected chi connectivity index (χ2v) is 6.12. The van der Waals surface area contributed by atoms with Gasteiger partial charge in [0.2, 0.25) is 5.91 Å². The van der Waals surface area contributed by atoms with Gasteiger partial charge in [0.15, 0.2) is 0 Å². The van der Waals surface area contributed by atoms with Crippen molar-refractivity contribution in [2.24, 2.45) is 11.3 Å². The van der Waals surface area contributed by atoms with Crippen LogP contribution in [0.3, 0.4) is 0 Å². The lowest BCUT2D eigenvalue weighted by molar-refractivity contribution is -0.148. The number of carbonyl (C=O) groups is 2. The zero-order chi connectivity index (χ0) is 13.8. The molecule has 0 aromatic rings. The Kier molecular flexibility index (Phi) is 5.17. The zero-order valence-electron chi connectivity index (χ0n) is 11.7. The van der Waals surface area contributed by atoms with Gasteiger partial charge in [0, 0.05) is 13.6 Å². The molecule has 0 atom stereocenters. The van der Waals surface area contributed by atoms with Gasteiger partial charge in [-0.15, -0.1) is 0 Å². The van der Waals surface area contributed by atoms with Crippen LogP contribution < -0.4 is 0 Å². The Morgan fingerprint density at radius 3 is 2.33 bits per heavy atom. The van der Waals surface area contributed by atoms with Crippen LogP contribution >= 0.6 is 0 Å². The van der Waals surface area contributed by atoms with Crippen molar-refractivity contribution in [3.63, 3.8) is 0 Å². The lowest BCUT2D eigenvalue weighted by Gasteiger charge is -2.28. The van der Waals surface area contributed by atoms with E-state index in [0.29, 0.717) is 0 Å². The van der Waals surface area contributed by atoms with Gasteiger partial charge in [0.25, 0.3) is 0 Å². The Bertz CT molecular complexity index is 306. The third-order valence-corrected chi connectivity index (χ3v) is 3.87. The summed E-state index contributed by atoms with van der Waals surface area (Å²) in [6.45, 7) is 4.15. The molecule has 0 bridgehead atoms. The van der Waals surface area contributed by atoms with E-state index in [2.05, 4.69) is 0 Å². The number of aliphatic carboxylic acids is 1. The molecule has 104 valence electrons. The summed E-state index contributed by atoms with van der Waals surface area (Å²) in [4.78, 5) is 24.6. The van der Waals surface area contributed by atoms with E-state index in [1.54, 1.807) is 25.8 Å². The van der Waals surface area contributed by atoms with Crippen LogP contribution in [0.2, 0.25) is 0 Å². The highest BCUT2D eigenvalue weighted by molar-refractivity contribution is 5.86. The number of carbonyl (C=O) groups excluding carboxylic acids is 1. The molecule has 4 nitrogen and oxygen atoms in total. The first-order valence-corrected chi connectivity index (χ1v) is 6.80. The van der Waals surface area contributed by atoms with Crippen LogP contribution in [0, 0.1) is 11.3 Å². The molecule has 0 aromatic carbocycles. The van der Waals surface area contributed by atoms with E-state index >= 15 is 0 Å². The molecule has 1 aliphatic carbocycles. The van der Waals surface area contributed by atoms with E-state index in [1.165, 1.54) is 25.7 Å². The van der Waals surface area contributed by atoms with Crippen molar-refractivity contribution in [3.05, 3.63) is 0 Å². The summed E-state index contributed by atoms with van der Waals surface area (Å²) in [6, 6.07) is 0. The third-order valence-electron chi connectivity index (χ3n) is 3.87. The Morgan fingerprint density at radius 1 is 1.28 bits per heavy atom. The third kappa shape index (κ3) is 4.31. The maximum Gasteiger partial charge on any atom is 0.304 e. The molecule has 1 N–H and O–H groups in total. The molecule has 0 aromatic heterocycles. The summed E-state index contributed by atoms with van der Waals surface area (Å²) in [6.07, 6.45) is 6.12. The lowest BCUT2D eigenvalue weighted by Crippen LogP contribution is -2.40. The van der Waals surface area contributed by atoms with E-state index in [0.717, 1.165) is 18.9 Å². The number of hydrogen-bond acceptors (Lipinski definition) is 2. The van der Waals surface area contributed by atoms with Crippen molar-refractivity contribution in [2.45, 2.75) is 52.4 Å². The van der Waals surface area contributed by atoms with Gasteiger partial charge >= 0.3 is 5.97 Å². The van der Waals surface area contributed by atoms with E-state index < -0.39 is 11.4 Å². The molecule has 1 fully saturated rings. The van der Waals surface area contributed by atoms with E-state index in [-0.39, 0.29) is 12.3 Å². The number of carboxylic acid groups (broad SMARTS) is 1.